The van der Waals surface area contributed by atoms with Crippen molar-refractivity contribution in [3.05, 3.63) is 28.0 Å². The number of furan rings is 1. The third-order valence-corrected chi connectivity index (χ3v) is 2.14. The minimum Gasteiger partial charge on any atom is -0.409 e. The van der Waals surface area contributed by atoms with Gasteiger partial charge in [-0.15, -0.1) is 0 Å². The first-order valence-corrected chi connectivity index (χ1v) is 4.96. The van der Waals surface area contributed by atoms with Gasteiger partial charge < -0.3 is 4.42 Å². The molecule has 4 heteroatoms. The number of hydrogen-bond donors (Lipinski definition) is 0. The van der Waals surface area contributed by atoms with Crippen LogP contribution in [-0.4, -0.2) is 4.92 Å². The van der Waals surface area contributed by atoms with Gasteiger partial charge >= 0.3 is 5.88 Å². The highest BCUT2D eigenvalue weighted by atomic mass is 16.6. The molecule has 0 fully saturated rings. The number of unbranched alkanes of at least 4 members (excludes halogenated alkanes) is 3. The van der Waals surface area contributed by atoms with Crippen LogP contribution >= 0.6 is 0 Å². The normalized spacial score (nSPS) is 10.4. The van der Waals surface area contributed by atoms with E-state index in [0.717, 1.165) is 18.4 Å². The molecule has 0 saturated carbocycles. The minimum atomic E-state index is -0.504. The van der Waals surface area contributed by atoms with Gasteiger partial charge in [-0.1, -0.05) is 26.2 Å². The lowest BCUT2D eigenvalue weighted by Crippen LogP contribution is -1.84. The van der Waals surface area contributed by atoms with Gasteiger partial charge in [-0.2, -0.15) is 0 Å². The van der Waals surface area contributed by atoms with Gasteiger partial charge in [0.15, 0.2) is 0 Å². The zero-order chi connectivity index (χ0) is 10.4. The van der Waals surface area contributed by atoms with Gasteiger partial charge in [0.1, 0.15) is 11.2 Å². The summed E-state index contributed by atoms with van der Waals surface area (Å²) in [6.07, 6.45) is 7.02. The monoisotopic (exact) mass is 197 g/mol. The summed E-state index contributed by atoms with van der Waals surface area (Å²) in [5, 5.41) is 10.3. The van der Waals surface area contributed by atoms with E-state index in [1.54, 1.807) is 0 Å². The molecule has 0 atom stereocenters. The van der Waals surface area contributed by atoms with E-state index in [1.165, 1.54) is 31.6 Å². The molecule has 14 heavy (non-hydrogen) atoms. The zero-order valence-corrected chi connectivity index (χ0v) is 8.36. The van der Waals surface area contributed by atoms with Crippen LogP contribution in [0.4, 0.5) is 5.88 Å². The topological polar surface area (TPSA) is 56.3 Å². The lowest BCUT2D eigenvalue weighted by atomic mass is 10.1. The van der Waals surface area contributed by atoms with Gasteiger partial charge in [0.2, 0.25) is 0 Å². The van der Waals surface area contributed by atoms with Gasteiger partial charge in [-0.3, -0.25) is 10.1 Å². The molecular weight excluding hydrogens is 182 g/mol. The van der Waals surface area contributed by atoms with E-state index in [2.05, 4.69) is 6.92 Å². The first kappa shape index (κ1) is 10.8. The number of aryl methyl sites for hydroxylation is 1. The van der Waals surface area contributed by atoms with Crippen LogP contribution in [0.5, 0.6) is 0 Å². The summed E-state index contributed by atoms with van der Waals surface area (Å²) in [6, 6.07) is 1.51. The lowest BCUT2D eigenvalue weighted by molar-refractivity contribution is -0.402. The third-order valence-electron chi connectivity index (χ3n) is 2.14. The fraction of sp³-hybridized carbons (Fsp3) is 0.600. The summed E-state index contributed by atoms with van der Waals surface area (Å²) in [4.78, 5) is 9.80. The summed E-state index contributed by atoms with van der Waals surface area (Å²) < 4.78 is 4.78. The van der Waals surface area contributed by atoms with Gasteiger partial charge in [0.05, 0.1) is 6.07 Å². The molecule has 0 bridgehead atoms. The molecule has 1 aromatic rings. The number of nitrogens with zero attached hydrogens (tertiary/aromatic N) is 1. The predicted octanol–water partition coefficient (Wildman–Crippen LogP) is 3.31. The Kier molecular flexibility index (Phi) is 4.16. The van der Waals surface area contributed by atoms with Crippen molar-refractivity contribution in [2.24, 2.45) is 0 Å². The Balaban J connectivity index is 2.33. The third kappa shape index (κ3) is 3.20. The number of rotatable bonds is 6. The SMILES string of the molecule is CCCCCCc1coc([N+](=O)[O-])c1. The van der Waals surface area contributed by atoms with Crippen LogP contribution < -0.4 is 0 Å². The van der Waals surface area contributed by atoms with Crippen molar-refractivity contribution in [3.8, 4) is 0 Å². The van der Waals surface area contributed by atoms with E-state index in [4.69, 9.17) is 4.42 Å². The Morgan fingerprint density at radius 1 is 1.43 bits per heavy atom. The molecule has 1 aromatic heterocycles. The summed E-state index contributed by atoms with van der Waals surface area (Å²) in [5.74, 6) is -0.157. The standard InChI is InChI=1S/C10H15NO3/c1-2-3-4-5-6-9-7-10(11(12)13)14-8-9/h7-8H,2-6H2,1H3. The van der Waals surface area contributed by atoms with E-state index in [0.29, 0.717) is 0 Å². The molecule has 0 unspecified atom stereocenters. The van der Waals surface area contributed by atoms with Crippen LogP contribution in [0, 0.1) is 10.1 Å². The maximum atomic E-state index is 10.3. The van der Waals surface area contributed by atoms with Crippen molar-refractivity contribution in [2.45, 2.75) is 39.0 Å². The summed E-state index contributed by atoms with van der Waals surface area (Å²) >= 11 is 0. The van der Waals surface area contributed by atoms with Crippen molar-refractivity contribution >= 4 is 5.88 Å². The van der Waals surface area contributed by atoms with Gasteiger partial charge in [0.25, 0.3) is 0 Å². The van der Waals surface area contributed by atoms with Crippen LogP contribution in [0.3, 0.4) is 0 Å². The van der Waals surface area contributed by atoms with E-state index >= 15 is 0 Å². The smallest absolute Gasteiger partial charge is 0.409 e. The second-order valence-corrected chi connectivity index (χ2v) is 3.36. The zero-order valence-electron chi connectivity index (χ0n) is 8.36. The summed E-state index contributed by atoms with van der Waals surface area (Å²) in [5.41, 5.74) is 0.924. The van der Waals surface area contributed by atoms with E-state index in [-0.39, 0.29) is 5.88 Å². The molecule has 0 spiro atoms. The number of hydrogen-bond acceptors (Lipinski definition) is 3. The lowest BCUT2D eigenvalue weighted by Gasteiger charge is -1.95. The van der Waals surface area contributed by atoms with Crippen molar-refractivity contribution in [1.29, 1.82) is 0 Å². The highest BCUT2D eigenvalue weighted by Crippen LogP contribution is 2.17. The maximum absolute atomic E-state index is 10.3. The van der Waals surface area contributed by atoms with E-state index in [9.17, 15) is 10.1 Å². The van der Waals surface area contributed by atoms with Crippen LogP contribution in [0.25, 0.3) is 0 Å². The van der Waals surface area contributed by atoms with E-state index < -0.39 is 4.92 Å². The molecule has 0 aliphatic heterocycles. The molecule has 0 aliphatic rings. The first-order valence-electron chi connectivity index (χ1n) is 4.96. The van der Waals surface area contributed by atoms with Crippen LogP contribution in [0.15, 0.2) is 16.7 Å². The molecule has 1 rings (SSSR count). The Hall–Kier alpha value is -1.32. The van der Waals surface area contributed by atoms with Gasteiger partial charge in [0, 0.05) is 0 Å². The molecule has 0 radical (unpaired) electrons. The fourth-order valence-electron chi connectivity index (χ4n) is 1.35. The molecule has 4 nitrogen and oxygen atoms in total. The largest absolute Gasteiger partial charge is 0.433 e. The minimum absolute atomic E-state index is 0.157. The Bertz CT molecular complexity index is 293. The second-order valence-electron chi connectivity index (χ2n) is 3.36. The van der Waals surface area contributed by atoms with E-state index in [1.807, 2.05) is 0 Å². The van der Waals surface area contributed by atoms with Crippen molar-refractivity contribution in [1.82, 2.24) is 0 Å². The quantitative estimate of drug-likeness (QED) is 0.399. The molecule has 1 heterocycles. The van der Waals surface area contributed by atoms with Crippen molar-refractivity contribution in [3.63, 3.8) is 0 Å². The average molecular weight is 197 g/mol. The first-order chi connectivity index (χ1) is 6.74. The fourth-order valence-corrected chi connectivity index (χ4v) is 1.35. The summed E-state index contributed by atoms with van der Waals surface area (Å²) in [7, 11) is 0. The predicted molar refractivity (Wildman–Crippen MR) is 53.2 cm³/mol. The molecular formula is C10H15NO3. The summed E-state index contributed by atoms with van der Waals surface area (Å²) in [6.45, 7) is 2.16. The second kappa shape index (κ2) is 5.42. The molecule has 0 aliphatic carbocycles. The Morgan fingerprint density at radius 2 is 2.21 bits per heavy atom. The molecule has 0 amide bonds. The van der Waals surface area contributed by atoms with Crippen molar-refractivity contribution in [2.75, 3.05) is 0 Å². The molecule has 78 valence electrons. The Labute approximate surface area is 83.1 Å². The highest BCUT2D eigenvalue weighted by Gasteiger charge is 2.10. The Morgan fingerprint density at radius 3 is 2.79 bits per heavy atom. The highest BCUT2D eigenvalue weighted by molar-refractivity contribution is 5.22. The van der Waals surface area contributed by atoms with Gasteiger partial charge in [-0.05, 0) is 18.4 Å². The van der Waals surface area contributed by atoms with Crippen molar-refractivity contribution < 1.29 is 9.34 Å². The van der Waals surface area contributed by atoms with Crippen LogP contribution in [0.1, 0.15) is 38.2 Å². The molecule has 0 saturated heterocycles. The molecule has 0 aromatic carbocycles. The maximum Gasteiger partial charge on any atom is 0.433 e. The van der Waals surface area contributed by atoms with Crippen LogP contribution in [-0.2, 0) is 6.42 Å². The van der Waals surface area contributed by atoms with Gasteiger partial charge in [-0.25, -0.2) is 0 Å². The average Bonchev–Trinajstić information content (AvgIpc) is 2.61. The van der Waals surface area contributed by atoms with Crippen LogP contribution in [0.2, 0.25) is 0 Å². The molecule has 0 N–H and O–H groups in total. The number of nitro groups is 1.